The number of oxazole rings is 1. The number of rotatable bonds is 5. The van der Waals surface area contributed by atoms with Crippen molar-refractivity contribution in [3.63, 3.8) is 0 Å². The summed E-state index contributed by atoms with van der Waals surface area (Å²) in [6, 6.07) is 12.0. The molecule has 0 atom stereocenters. The first-order chi connectivity index (χ1) is 10.3. The summed E-state index contributed by atoms with van der Waals surface area (Å²) in [5.74, 6) is 2.31. The van der Waals surface area contributed by atoms with Crippen LogP contribution < -0.4 is 4.74 Å². The van der Waals surface area contributed by atoms with E-state index in [0.29, 0.717) is 12.5 Å². The smallest absolute Gasteiger partial charge is 0.236 e. The fourth-order valence-electron chi connectivity index (χ4n) is 1.89. The van der Waals surface area contributed by atoms with Gasteiger partial charge in [-0.25, -0.2) is 4.98 Å². The fourth-order valence-corrected chi connectivity index (χ4v) is 2.95. The molecule has 0 aliphatic rings. The Bertz CT molecular complexity index is 702. The molecule has 0 amide bonds. The van der Waals surface area contributed by atoms with Gasteiger partial charge in [0.15, 0.2) is 0 Å². The topological polar surface area (TPSA) is 35.3 Å². The second-order valence-corrected chi connectivity index (χ2v) is 6.29. The van der Waals surface area contributed by atoms with Crippen molar-refractivity contribution in [2.45, 2.75) is 18.4 Å². The van der Waals surface area contributed by atoms with Gasteiger partial charge >= 0.3 is 0 Å². The van der Waals surface area contributed by atoms with Crippen LogP contribution >= 0.6 is 23.1 Å². The lowest BCUT2D eigenvalue weighted by atomic mass is 10.3. The minimum Gasteiger partial charge on any atom is -0.487 e. The Morgan fingerprint density at radius 1 is 1.24 bits per heavy atom. The first-order valence-electron chi connectivity index (χ1n) is 6.53. The minimum atomic E-state index is 0.416. The van der Waals surface area contributed by atoms with Crippen LogP contribution in [0.3, 0.4) is 0 Å². The van der Waals surface area contributed by atoms with Gasteiger partial charge < -0.3 is 9.15 Å². The molecule has 108 valence electrons. The summed E-state index contributed by atoms with van der Waals surface area (Å²) >= 11 is 3.33. The number of aryl methyl sites for hydroxylation is 1. The van der Waals surface area contributed by atoms with E-state index in [1.807, 2.05) is 48.7 Å². The lowest BCUT2D eigenvalue weighted by molar-refractivity contribution is 0.299. The molecule has 2 aromatic heterocycles. The Morgan fingerprint density at radius 2 is 2.05 bits per heavy atom. The maximum Gasteiger partial charge on any atom is 0.236 e. The number of thioether (sulfide) groups is 1. The Morgan fingerprint density at radius 3 is 2.71 bits per heavy atom. The molecular weight excluding hydrogens is 302 g/mol. The summed E-state index contributed by atoms with van der Waals surface area (Å²) in [6.45, 7) is 2.33. The molecule has 0 saturated heterocycles. The second kappa shape index (κ2) is 6.37. The van der Waals surface area contributed by atoms with Crippen LogP contribution in [0.1, 0.15) is 11.5 Å². The van der Waals surface area contributed by atoms with Crippen molar-refractivity contribution >= 4 is 23.1 Å². The van der Waals surface area contributed by atoms with Gasteiger partial charge in [0.05, 0.1) is 4.88 Å². The molecule has 0 saturated carbocycles. The van der Waals surface area contributed by atoms with E-state index in [1.54, 1.807) is 23.1 Å². The number of ether oxygens (including phenoxy) is 1. The van der Waals surface area contributed by atoms with Crippen molar-refractivity contribution in [2.24, 2.45) is 0 Å². The van der Waals surface area contributed by atoms with Crippen LogP contribution in [0.4, 0.5) is 0 Å². The minimum absolute atomic E-state index is 0.416. The highest BCUT2D eigenvalue weighted by Crippen LogP contribution is 2.26. The molecule has 0 unspecified atom stereocenters. The molecule has 0 spiro atoms. The standard InChI is InChI=1S/C16H15NO2S2/c1-11-14(17-16(19-11)15-4-3-9-21-15)10-18-12-5-7-13(20-2)8-6-12/h3-9H,10H2,1-2H3. The number of hydrogen-bond acceptors (Lipinski definition) is 5. The molecule has 3 aromatic rings. The van der Waals surface area contributed by atoms with Crippen molar-refractivity contribution in [3.8, 4) is 16.5 Å². The third-order valence-electron chi connectivity index (χ3n) is 3.06. The molecule has 0 aliphatic carbocycles. The molecule has 3 rings (SSSR count). The average Bonchev–Trinajstić information content (AvgIpc) is 3.15. The van der Waals surface area contributed by atoms with E-state index in [-0.39, 0.29) is 0 Å². The summed E-state index contributed by atoms with van der Waals surface area (Å²) in [4.78, 5) is 6.77. The third kappa shape index (κ3) is 3.31. The summed E-state index contributed by atoms with van der Waals surface area (Å²) in [5, 5.41) is 2.01. The molecule has 0 aliphatic heterocycles. The van der Waals surface area contributed by atoms with Crippen molar-refractivity contribution in [2.75, 3.05) is 6.26 Å². The quantitative estimate of drug-likeness (QED) is 0.619. The van der Waals surface area contributed by atoms with E-state index in [9.17, 15) is 0 Å². The van der Waals surface area contributed by atoms with Gasteiger partial charge in [0.25, 0.3) is 0 Å². The van der Waals surface area contributed by atoms with Crippen LogP contribution in [0.5, 0.6) is 5.75 Å². The predicted molar refractivity (Wildman–Crippen MR) is 87.1 cm³/mol. The van der Waals surface area contributed by atoms with Gasteiger partial charge in [-0.3, -0.25) is 0 Å². The Balaban J connectivity index is 1.70. The lowest BCUT2D eigenvalue weighted by Crippen LogP contribution is -1.97. The second-order valence-electron chi connectivity index (χ2n) is 4.46. The van der Waals surface area contributed by atoms with Gasteiger partial charge in [0, 0.05) is 4.90 Å². The SMILES string of the molecule is CSc1ccc(OCc2nc(-c3cccs3)oc2C)cc1. The van der Waals surface area contributed by atoms with E-state index in [2.05, 4.69) is 11.2 Å². The molecular formula is C16H15NO2S2. The fraction of sp³-hybridized carbons (Fsp3) is 0.188. The number of benzene rings is 1. The largest absolute Gasteiger partial charge is 0.487 e. The molecule has 21 heavy (non-hydrogen) atoms. The van der Waals surface area contributed by atoms with E-state index in [1.165, 1.54) is 4.90 Å². The van der Waals surface area contributed by atoms with Gasteiger partial charge in [-0.2, -0.15) is 0 Å². The summed E-state index contributed by atoms with van der Waals surface area (Å²) in [6.07, 6.45) is 2.06. The van der Waals surface area contributed by atoms with Crippen LogP contribution in [0.25, 0.3) is 10.8 Å². The third-order valence-corrected chi connectivity index (χ3v) is 4.66. The highest BCUT2D eigenvalue weighted by atomic mass is 32.2. The average molecular weight is 317 g/mol. The molecule has 0 N–H and O–H groups in total. The molecule has 0 bridgehead atoms. The zero-order valence-corrected chi connectivity index (χ0v) is 13.5. The van der Waals surface area contributed by atoms with E-state index >= 15 is 0 Å². The number of nitrogens with zero attached hydrogens (tertiary/aromatic N) is 1. The van der Waals surface area contributed by atoms with Crippen molar-refractivity contribution in [1.29, 1.82) is 0 Å². The Kier molecular flexibility index (Phi) is 4.31. The molecule has 0 fully saturated rings. The van der Waals surface area contributed by atoms with E-state index in [4.69, 9.17) is 9.15 Å². The van der Waals surface area contributed by atoms with Crippen molar-refractivity contribution in [3.05, 3.63) is 53.2 Å². The molecule has 3 nitrogen and oxygen atoms in total. The maximum atomic E-state index is 5.77. The van der Waals surface area contributed by atoms with Gasteiger partial charge in [0.2, 0.25) is 5.89 Å². The van der Waals surface area contributed by atoms with Crippen LogP contribution in [-0.2, 0) is 6.61 Å². The summed E-state index contributed by atoms with van der Waals surface area (Å²) in [5.41, 5.74) is 0.840. The monoisotopic (exact) mass is 317 g/mol. The van der Waals surface area contributed by atoms with Crippen molar-refractivity contribution in [1.82, 2.24) is 4.98 Å². The highest BCUT2D eigenvalue weighted by Gasteiger charge is 2.12. The number of thiophene rings is 1. The van der Waals surface area contributed by atoms with Crippen molar-refractivity contribution < 1.29 is 9.15 Å². The normalized spacial score (nSPS) is 10.8. The van der Waals surface area contributed by atoms with Crippen LogP contribution in [0.2, 0.25) is 0 Å². The van der Waals surface area contributed by atoms with E-state index in [0.717, 1.165) is 22.1 Å². The van der Waals surface area contributed by atoms with Crippen LogP contribution in [-0.4, -0.2) is 11.2 Å². The Labute approximate surface area is 132 Å². The predicted octanol–water partition coefficient (Wildman–Crippen LogP) is 5.01. The molecule has 2 heterocycles. The van der Waals surface area contributed by atoms with Gasteiger partial charge in [0.1, 0.15) is 23.8 Å². The lowest BCUT2D eigenvalue weighted by Gasteiger charge is -2.04. The molecule has 1 aromatic carbocycles. The number of hydrogen-bond donors (Lipinski definition) is 0. The maximum absolute atomic E-state index is 5.77. The van der Waals surface area contributed by atoms with E-state index < -0.39 is 0 Å². The Hall–Kier alpha value is -1.72. The number of aromatic nitrogens is 1. The van der Waals surface area contributed by atoms with Gasteiger partial charge in [-0.1, -0.05) is 6.07 Å². The summed E-state index contributed by atoms with van der Waals surface area (Å²) < 4.78 is 11.5. The molecule has 0 radical (unpaired) electrons. The zero-order chi connectivity index (χ0) is 14.7. The zero-order valence-electron chi connectivity index (χ0n) is 11.8. The van der Waals surface area contributed by atoms with Crippen LogP contribution in [0.15, 0.2) is 51.1 Å². The first kappa shape index (κ1) is 14.2. The van der Waals surface area contributed by atoms with Gasteiger partial charge in [-0.15, -0.1) is 23.1 Å². The first-order valence-corrected chi connectivity index (χ1v) is 8.64. The van der Waals surface area contributed by atoms with Gasteiger partial charge in [-0.05, 0) is 48.9 Å². The highest BCUT2D eigenvalue weighted by molar-refractivity contribution is 7.98. The molecule has 5 heteroatoms. The summed E-state index contributed by atoms with van der Waals surface area (Å²) in [7, 11) is 0. The van der Waals surface area contributed by atoms with Crippen LogP contribution in [0, 0.1) is 6.92 Å².